The predicted octanol–water partition coefficient (Wildman–Crippen LogP) is 2.69. The quantitative estimate of drug-likeness (QED) is 0.665. The molecule has 1 aromatic carbocycles. The maximum atomic E-state index is 11.7. The van der Waals surface area contributed by atoms with Gasteiger partial charge in [0.1, 0.15) is 0 Å². The number of nitrogens with one attached hydrogen (secondary N) is 1. The molecule has 1 atom stereocenters. The Hall–Kier alpha value is -1.50. The Morgan fingerprint density at radius 1 is 1.42 bits per heavy atom. The molecule has 0 radical (unpaired) electrons. The number of amides is 1. The van der Waals surface area contributed by atoms with Crippen molar-refractivity contribution in [2.45, 2.75) is 6.10 Å². The van der Waals surface area contributed by atoms with Crippen LogP contribution in [0.1, 0.15) is 16.5 Å². The molecule has 0 aliphatic carbocycles. The van der Waals surface area contributed by atoms with Crippen LogP contribution in [-0.4, -0.2) is 17.2 Å². The maximum Gasteiger partial charge on any atom is 0.273 e. The molecule has 1 unspecified atom stereocenters. The minimum Gasteiger partial charge on any atom is -0.378 e. The number of hydrogen-bond acceptors (Lipinski definition) is 4. The Balaban J connectivity index is 1.93. The third-order valence-corrected chi connectivity index (χ3v) is 3.95. The van der Waals surface area contributed by atoms with Crippen LogP contribution in [0.3, 0.4) is 0 Å². The van der Waals surface area contributed by atoms with Crippen LogP contribution in [0, 0.1) is 0 Å². The largest absolute Gasteiger partial charge is 0.378 e. The van der Waals surface area contributed by atoms with Crippen LogP contribution in [0.4, 0.5) is 0 Å². The molecule has 0 fully saturated rings. The first-order valence-electron chi connectivity index (χ1n) is 5.47. The molecule has 19 heavy (non-hydrogen) atoms. The average molecular weight is 339 g/mol. The molecule has 0 saturated carbocycles. The first-order valence-corrected chi connectivity index (χ1v) is 7.14. The third kappa shape index (κ3) is 3.99. The molecule has 0 bridgehead atoms. The minimum atomic E-state index is -1.21. The van der Waals surface area contributed by atoms with Gasteiger partial charge in [-0.1, -0.05) is 30.3 Å². The molecule has 0 spiro atoms. The smallest absolute Gasteiger partial charge is 0.273 e. The van der Waals surface area contributed by atoms with Crippen LogP contribution in [0.25, 0.3) is 0 Å². The number of thiophene rings is 1. The summed E-state index contributed by atoms with van der Waals surface area (Å²) in [7, 11) is 0. The van der Waals surface area contributed by atoms with E-state index in [1.54, 1.807) is 24.3 Å². The van der Waals surface area contributed by atoms with E-state index in [0.29, 0.717) is 5.56 Å². The molecule has 1 amide bonds. The molecule has 1 heterocycles. The van der Waals surface area contributed by atoms with E-state index in [9.17, 15) is 9.90 Å². The van der Waals surface area contributed by atoms with Gasteiger partial charge < -0.3 is 5.11 Å². The van der Waals surface area contributed by atoms with Crippen molar-refractivity contribution < 1.29 is 9.90 Å². The summed E-state index contributed by atoms with van der Waals surface area (Å²) in [5.41, 5.74) is 2.85. The summed E-state index contributed by atoms with van der Waals surface area (Å²) in [6, 6.07) is 10.6. The van der Waals surface area contributed by atoms with Crippen LogP contribution < -0.4 is 5.43 Å². The van der Waals surface area contributed by atoms with Crippen LogP contribution >= 0.6 is 27.3 Å². The summed E-state index contributed by atoms with van der Waals surface area (Å²) in [5, 5.41) is 15.5. The van der Waals surface area contributed by atoms with E-state index in [0.717, 1.165) is 9.35 Å². The monoisotopic (exact) mass is 338 g/mol. The van der Waals surface area contributed by atoms with Crippen molar-refractivity contribution in [3.8, 4) is 0 Å². The van der Waals surface area contributed by atoms with E-state index in [2.05, 4.69) is 26.5 Å². The Morgan fingerprint density at radius 2 is 2.16 bits per heavy atom. The van der Waals surface area contributed by atoms with Crippen molar-refractivity contribution in [2.24, 2.45) is 5.10 Å². The van der Waals surface area contributed by atoms with E-state index in [4.69, 9.17) is 0 Å². The van der Waals surface area contributed by atoms with Gasteiger partial charge in [0.05, 0.1) is 6.21 Å². The molecule has 2 N–H and O–H groups in total. The van der Waals surface area contributed by atoms with Gasteiger partial charge in [0.15, 0.2) is 6.10 Å². The fraction of sp³-hybridized carbons (Fsp3) is 0.0769. The second kappa shape index (κ2) is 6.60. The molecular formula is C13H11BrN2O2S. The van der Waals surface area contributed by atoms with Gasteiger partial charge in [0.2, 0.25) is 0 Å². The molecule has 4 nitrogen and oxygen atoms in total. The fourth-order valence-corrected chi connectivity index (χ4v) is 2.71. The SMILES string of the molecule is O=C(N/N=C/c1cc(Br)cs1)C(O)c1ccccc1. The summed E-state index contributed by atoms with van der Waals surface area (Å²) in [6.45, 7) is 0. The van der Waals surface area contributed by atoms with E-state index in [-0.39, 0.29) is 0 Å². The highest BCUT2D eigenvalue weighted by atomic mass is 79.9. The van der Waals surface area contributed by atoms with E-state index >= 15 is 0 Å². The number of carbonyl (C=O) groups is 1. The van der Waals surface area contributed by atoms with E-state index < -0.39 is 12.0 Å². The van der Waals surface area contributed by atoms with Gasteiger partial charge in [-0.25, -0.2) is 5.43 Å². The lowest BCUT2D eigenvalue weighted by Crippen LogP contribution is -2.25. The highest BCUT2D eigenvalue weighted by molar-refractivity contribution is 9.10. The molecule has 0 aliphatic heterocycles. The Morgan fingerprint density at radius 3 is 2.79 bits per heavy atom. The number of aliphatic hydroxyl groups is 1. The Kier molecular flexibility index (Phi) is 4.84. The maximum absolute atomic E-state index is 11.7. The number of halogens is 1. The van der Waals surface area contributed by atoms with Crippen molar-refractivity contribution in [2.75, 3.05) is 0 Å². The fourth-order valence-electron chi connectivity index (χ4n) is 1.40. The molecule has 98 valence electrons. The topological polar surface area (TPSA) is 61.7 Å². The van der Waals surface area contributed by atoms with Crippen molar-refractivity contribution >= 4 is 39.4 Å². The molecule has 2 aromatic rings. The summed E-state index contributed by atoms with van der Waals surface area (Å²) >= 11 is 4.82. The van der Waals surface area contributed by atoms with Crippen LogP contribution in [0.5, 0.6) is 0 Å². The number of rotatable bonds is 4. The van der Waals surface area contributed by atoms with Crippen LogP contribution in [0.15, 0.2) is 51.4 Å². The van der Waals surface area contributed by atoms with Gasteiger partial charge in [-0.3, -0.25) is 4.79 Å². The zero-order valence-corrected chi connectivity index (χ0v) is 12.2. The van der Waals surface area contributed by atoms with Crippen molar-refractivity contribution in [1.29, 1.82) is 0 Å². The lowest BCUT2D eigenvalue weighted by molar-refractivity contribution is -0.129. The van der Waals surface area contributed by atoms with Gasteiger partial charge >= 0.3 is 0 Å². The van der Waals surface area contributed by atoms with Gasteiger partial charge in [-0.05, 0) is 27.6 Å². The lowest BCUT2D eigenvalue weighted by atomic mass is 10.1. The molecule has 0 aliphatic rings. The summed E-state index contributed by atoms with van der Waals surface area (Å²) in [5.74, 6) is -0.557. The Labute approximate surface area is 122 Å². The van der Waals surface area contributed by atoms with E-state index in [1.807, 2.05) is 17.5 Å². The molecule has 6 heteroatoms. The zero-order chi connectivity index (χ0) is 13.7. The van der Waals surface area contributed by atoms with Crippen LogP contribution in [0.2, 0.25) is 0 Å². The summed E-state index contributed by atoms with van der Waals surface area (Å²) in [6.07, 6.45) is 0.318. The van der Waals surface area contributed by atoms with Gasteiger partial charge in [-0.2, -0.15) is 5.10 Å². The zero-order valence-electron chi connectivity index (χ0n) is 9.79. The molecule has 0 saturated heterocycles. The number of hydrazone groups is 1. The standard InChI is InChI=1S/C13H11BrN2O2S/c14-10-6-11(19-8-10)7-15-16-13(18)12(17)9-4-2-1-3-5-9/h1-8,12,17H,(H,16,18)/b15-7+. The Bertz CT molecular complexity index is 583. The summed E-state index contributed by atoms with van der Waals surface area (Å²) in [4.78, 5) is 12.6. The number of hydrogen-bond donors (Lipinski definition) is 2. The minimum absolute atomic E-state index is 0.536. The molecule has 2 rings (SSSR count). The number of benzene rings is 1. The number of aliphatic hydroxyl groups excluding tert-OH is 1. The summed E-state index contributed by atoms with van der Waals surface area (Å²) < 4.78 is 0.967. The number of carbonyl (C=O) groups excluding carboxylic acids is 1. The van der Waals surface area contributed by atoms with E-state index in [1.165, 1.54) is 17.6 Å². The molecular weight excluding hydrogens is 328 g/mol. The third-order valence-electron chi connectivity index (χ3n) is 2.32. The van der Waals surface area contributed by atoms with Gasteiger partial charge in [0.25, 0.3) is 5.91 Å². The first-order chi connectivity index (χ1) is 9.16. The van der Waals surface area contributed by atoms with Gasteiger partial charge in [0, 0.05) is 14.7 Å². The first kappa shape index (κ1) is 13.9. The second-order valence-electron chi connectivity index (χ2n) is 3.71. The number of nitrogens with zero attached hydrogens (tertiary/aromatic N) is 1. The normalized spacial score (nSPS) is 12.5. The predicted molar refractivity (Wildman–Crippen MR) is 79.2 cm³/mol. The van der Waals surface area contributed by atoms with Gasteiger partial charge in [-0.15, -0.1) is 11.3 Å². The van der Waals surface area contributed by atoms with Crippen molar-refractivity contribution in [3.63, 3.8) is 0 Å². The van der Waals surface area contributed by atoms with Crippen LogP contribution in [-0.2, 0) is 4.79 Å². The van der Waals surface area contributed by atoms with Crippen molar-refractivity contribution in [3.05, 3.63) is 56.7 Å². The highest BCUT2D eigenvalue weighted by Gasteiger charge is 2.15. The highest BCUT2D eigenvalue weighted by Crippen LogP contribution is 2.17. The van der Waals surface area contributed by atoms with Crippen molar-refractivity contribution in [1.82, 2.24) is 5.43 Å². The lowest BCUT2D eigenvalue weighted by Gasteiger charge is -2.08. The second-order valence-corrected chi connectivity index (χ2v) is 5.57. The average Bonchev–Trinajstić information content (AvgIpc) is 2.84. The molecule has 1 aromatic heterocycles.